The Labute approximate surface area is 181 Å². The lowest BCUT2D eigenvalue weighted by Crippen LogP contribution is -2.21. The number of rotatable bonds is 4. The first kappa shape index (κ1) is 25.3. The molecule has 166 valence electrons. The molecule has 9 nitrogen and oxygen atoms in total. The Morgan fingerprint density at radius 3 is 1.68 bits per heavy atom. The number of benzene rings is 2. The minimum atomic E-state index is -0.935. The number of hydrogen-bond acceptors (Lipinski definition) is 6. The summed E-state index contributed by atoms with van der Waals surface area (Å²) in [6.45, 7) is 5.46. The maximum atomic E-state index is 11.2. The van der Waals surface area contributed by atoms with Crippen molar-refractivity contribution in [3.05, 3.63) is 71.8 Å². The molecule has 2 rings (SSSR count). The lowest BCUT2D eigenvalue weighted by atomic mass is 10.2. The molecule has 2 aromatic rings. The fraction of sp³-hybridized carbons (Fsp3) is 0.318. The molecule has 0 fully saturated rings. The molecule has 0 aliphatic carbocycles. The van der Waals surface area contributed by atoms with Gasteiger partial charge in [-0.25, -0.2) is 14.4 Å². The van der Waals surface area contributed by atoms with Gasteiger partial charge < -0.3 is 19.5 Å². The second-order valence-electron chi connectivity index (χ2n) is 7.03. The van der Waals surface area contributed by atoms with Crippen LogP contribution >= 0.6 is 0 Å². The van der Waals surface area contributed by atoms with E-state index in [1.54, 1.807) is 32.9 Å². The molecular weight excluding hydrogens is 402 g/mol. The van der Waals surface area contributed by atoms with Gasteiger partial charge in [-0.1, -0.05) is 70.9 Å². The van der Waals surface area contributed by atoms with Gasteiger partial charge in [0.05, 0.1) is 0 Å². The molecule has 0 atom stereocenters. The Balaban J connectivity index is 0.000000343. The van der Waals surface area contributed by atoms with E-state index in [0.717, 1.165) is 11.1 Å². The molecule has 0 aromatic heterocycles. The van der Waals surface area contributed by atoms with Gasteiger partial charge in [-0.3, -0.25) is 0 Å². The van der Waals surface area contributed by atoms with E-state index in [1.165, 1.54) is 7.05 Å². The predicted molar refractivity (Wildman–Crippen MR) is 113 cm³/mol. The molecule has 0 saturated heterocycles. The number of nitrogens with one attached hydrogen (secondary N) is 1. The number of nitrogens with zero attached hydrogens (tertiary/aromatic N) is 2. The van der Waals surface area contributed by atoms with Gasteiger partial charge in [0.2, 0.25) is 0 Å². The zero-order valence-electron chi connectivity index (χ0n) is 18.0. The average molecular weight is 429 g/mol. The third-order valence-electron chi connectivity index (χ3n) is 3.23. The van der Waals surface area contributed by atoms with Crippen molar-refractivity contribution >= 4 is 18.3 Å². The average Bonchev–Trinajstić information content (AvgIpc) is 2.75. The lowest BCUT2D eigenvalue weighted by Gasteiger charge is -2.16. The van der Waals surface area contributed by atoms with E-state index in [1.807, 2.05) is 48.5 Å². The van der Waals surface area contributed by atoms with Crippen molar-refractivity contribution in [1.82, 2.24) is 5.32 Å². The van der Waals surface area contributed by atoms with Crippen molar-refractivity contribution < 1.29 is 28.6 Å². The van der Waals surface area contributed by atoms with Crippen LogP contribution < -0.4 is 5.32 Å². The first-order valence-electron chi connectivity index (χ1n) is 9.43. The molecule has 0 unspecified atom stereocenters. The number of hydrogen-bond donors (Lipinski definition) is 1. The minimum Gasteiger partial charge on any atom is -0.445 e. The first-order chi connectivity index (χ1) is 14.7. The van der Waals surface area contributed by atoms with E-state index in [9.17, 15) is 14.4 Å². The summed E-state index contributed by atoms with van der Waals surface area (Å²) in [5.41, 5.74) is 1.13. The highest BCUT2D eigenvalue weighted by atomic mass is 16.6. The van der Waals surface area contributed by atoms with Gasteiger partial charge in [0, 0.05) is 7.05 Å². The highest BCUT2D eigenvalue weighted by Crippen LogP contribution is 2.08. The van der Waals surface area contributed by atoms with Gasteiger partial charge in [-0.15, -0.1) is 0 Å². The minimum absolute atomic E-state index is 0.0764. The van der Waals surface area contributed by atoms with Gasteiger partial charge in [0.1, 0.15) is 18.8 Å². The number of azo groups is 1. The highest BCUT2D eigenvalue weighted by molar-refractivity contribution is 5.73. The number of amides is 3. The van der Waals surface area contributed by atoms with E-state index in [0.29, 0.717) is 6.61 Å². The molecule has 0 radical (unpaired) electrons. The number of alkyl carbamates (subject to hydrolysis) is 1. The maximum Gasteiger partial charge on any atom is 0.453 e. The summed E-state index contributed by atoms with van der Waals surface area (Å²) < 4.78 is 14.5. The smallest absolute Gasteiger partial charge is 0.445 e. The van der Waals surface area contributed by atoms with Crippen LogP contribution in [0.4, 0.5) is 14.4 Å². The zero-order chi connectivity index (χ0) is 23.1. The standard InChI is InChI=1S/C13H16N2O4.C9H11NO2/c1-13(2,3)19-12(17)15-14-11(16)18-9-10-7-5-4-6-8-10;1-10-9(11)12-7-8-5-3-2-4-6-8/h4-8H,9H2,1-3H3;2-6H,7H2,1H3,(H,10,11). The molecular formula is C22H27N3O6. The Kier molecular flexibility index (Phi) is 11.0. The molecule has 0 heterocycles. The van der Waals surface area contributed by atoms with Crippen LogP contribution in [0.2, 0.25) is 0 Å². The van der Waals surface area contributed by atoms with E-state index in [2.05, 4.69) is 15.5 Å². The van der Waals surface area contributed by atoms with Crippen molar-refractivity contribution in [3.8, 4) is 0 Å². The molecule has 3 amide bonds. The summed E-state index contributed by atoms with van der Waals surface area (Å²) in [7, 11) is 1.54. The van der Waals surface area contributed by atoms with Crippen LogP contribution in [-0.4, -0.2) is 30.9 Å². The largest absolute Gasteiger partial charge is 0.453 e. The van der Waals surface area contributed by atoms with E-state index < -0.39 is 23.9 Å². The fourth-order valence-electron chi connectivity index (χ4n) is 1.91. The molecule has 0 aliphatic rings. The van der Waals surface area contributed by atoms with E-state index >= 15 is 0 Å². The van der Waals surface area contributed by atoms with E-state index in [-0.39, 0.29) is 6.61 Å². The molecule has 9 heteroatoms. The third kappa shape index (κ3) is 13.2. The van der Waals surface area contributed by atoms with Crippen LogP contribution in [0.25, 0.3) is 0 Å². The fourth-order valence-corrected chi connectivity index (χ4v) is 1.91. The zero-order valence-corrected chi connectivity index (χ0v) is 18.0. The summed E-state index contributed by atoms with van der Waals surface area (Å²) in [6, 6.07) is 18.7. The van der Waals surface area contributed by atoms with Crippen molar-refractivity contribution in [2.75, 3.05) is 7.05 Å². The van der Waals surface area contributed by atoms with Crippen LogP contribution in [0, 0.1) is 0 Å². The van der Waals surface area contributed by atoms with Crippen LogP contribution in [0.1, 0.15) is 31.9 Å². The Hall–Kier alpha value is -3.75. The summed E-state index contributed by atoms with van der Waals surface area (Å²) in [5.74, 6) is 0. The van der Waals surface area contributed by atoms with E-state index in [4.69, 9.17) is 14.2 Å². The quantitative estimate of drug-likeness (QED) is 0.524. The van der Waals surface area contributed by atoms with Crippen molar-refractivity contribution in [1.29, 1.82) is 0 Å². The van der Waals surface area contributed by atoms with Gasteiger partial charge >= 0.3 is 18.3 Å². The molecule has 0 spiro atoms. The monoisotopic (exact) mass is 429 g/mol. The van der Waals surface area contributed by atoms with Crippen molar-refractivity contribution in [2.45, 2.75) is 39.6 Å². The summed E-state index contributed by atoms with van der Waals surface area (Å²) in [4.78, 5) is 33.0. The van der Waals surface area contributed by atoms with Gasteiger partial charge in [-0.2, -0.15) is 0 Å². The molecule has 1 N–H and O–H groups in total. The molecule has 0 aliphatic heterocycles. The Morgan fingerprint density at radius 2 is 1.23 bits per heavy atom. The van der Waals surface area contributed by atoms with Gasteiger partial charge in [0.15, 0.2) is 0 Å². The molecule has 31 heavy (non-hydrogen) atoms. The number of ether oxygens (including phenoxy) is 3. The Bertz CT molecular complexity index is 849. The normalized spacial score (nSPS) is 10.5. The highest BCUT2D eigenvalue weighted by Gasteiger charge is 2.16. The van der Waals surface area contributed by atoms with Crippen molar-refractivity contribution in [2.24, 2.45) is 10.2 Å². The van der Waals surface area contributed by atoms with Crippen molar-refractivity contribution in [3.63, 3.8) is 0 Å². The summed E-state index contributed by atoms with van der Waals surface area (Å²) >= 11 is 0. The van der Waals surface area contributed by atoms with Gasteiger partial charge in [0.25, 0.3) is 0 Å². The molecule has 0 bridgehead atoms. The van der Waals surface area contributed by atoms with Crippen LogP contribution in [0.5, 0.6) is 0 Å². The van der Waals surface area contributed by atoms with Crippen LogP contribution in [0.15, 0.2) is 70.9 Å². The summed E-state index contributed by atoms with van der Waals surface area (Å²) in [6.07, 6.45) is -2.27. The third-order valence-corrected chi connectivity index (χ3v) is 3.23. The van der Waals surface area contributed by atoms with Crippen LogP contribution in [-0.2, 0) is 27.4 Å². The molecule has 0 saturated carbocycles. The summed E-state index contributed by atoms with van der Waals surface area (Å²) in [5, 5.41) is 8.60. The second-order valence-corrected chi connectivity index (χ2v) is 7.03. The lowest BCUT2D eigenvalue weighted by molar-refractivity contribution is 0.0585. The second kappa shape index (κ2) is 13.5. The maximum absolute atomic E-state index is 11.2. The first-order valence-corrected chi connectivity index (χ1v) is 9.43. The van der Waals surface area contributed by atoms with Gasteiger partial charge in [-0.05, 0) is 31.9 Å². The van der Waals surface area contributed by atoms with Crippen LogP contribution in [0.3, 0.4) is 0 Å². The Morgan fingerprint density at radius 1 is 0.774 bits per heavy atom. The SMILES string of the molecule is CC(C)(C)OC(=O)N=NC(=O)OCc1ccccc1.CNC(=O)OCc1ccccc1. The number of carbonyl (C=O) groups is 3. The number of carbonyl (C=O) groups excluding carboxylic acids is 3. The topological polar surface area (TPSA) is 116 Å². The molecule has 2 aromatic carbocycles. The predicted octanol–water partition coefficient (Wildman–Crippen LogP) is 5.25.